The van der Waals surface area contributed by atoms with Crippen molar-refractivity contribution < 1.29 is 19.7 Å². The van der Waals surface area contributed by atoms with E-state index in [0.29, 0.717) is 25.0 Å². The molecule has 0 unspecified atom stereocenters. The number of carbonyl (C=O) groups excluding carboxylic acids is 1. The number of unbranched alkanes of at least 4 members (excludes halogenated alkanes) is 2. The number of phenolic OH excluding ortho intramolecular Hbond substituents is 1. The van der Waals surface area contributed by atoms with Crippen molar-refractivity contribution in [2.24, 2.45) is 0 Å². The standard InChI is InChI=1S/C17H26O4/c1-3-4-5-6-14(18)12-15(19)9-7-13-8-10-16(20)17(11-13)21-2/h8,10-11,14,18,20H,3-7,9,12H2,1-2H3/t14-/m1/s1. The minimum Gasteiger partial charge on any atom is -0.504 e. The van der Waals surface area contributed by atoms with E-state index in [1.807, 2.05) is 0 Å². The Bertz CT molecular complexity index is 442. The Balaban J connectivity index is 2.35. The van der Waals surface area contributed by atoms with Crippen LogP contribution in [0.5, 0.6) is 11.5 Å². The van der Waals surface area contributed by atoms with Crippen molar-refractivity contribution in [2.75, 3.05) is 7.11 Å². The van der Waals surface area contributed by atoms with Gasteiger partial charge >= 0.3 is 0 Å². The molecule has 0 spiro atoms. The maximum absolute atomic E-state index is 11.8. The molecule has 1 aromatic rings. The average Bonchev–Trinajstić information content (AvgIpc) is 2.46. The topological polar surface area (TPSA) is 66.8 Å². The van der Waals surface area contributed by atoms with E-state index >= 15 is 0 Å². The summed E-state index contributed by atoms with van der Waals surface area (Å²) in [6.45, 7) is 2.11. The number of ether oxygens (including phenoxy) is 1. The zero-order valence-electron chi connectivity index (χ0n) is 13.0. The highest BCUT2D eigenvalue weighted by Crippen LogP contribution is 2.26. The third kappa shape index (κ3) is 6.63. The minimum atomic E-state index is -0.515. The highest BCUT2D eigenvalue weighted by molar-refractivity contribution is 5.79. The number of aryl methyl sites for hydroxylation is 1. The van der Waals surface area contributed by atoms with Gasteiger partial charge in [0, 0.05) is 12.8 Å². The van der Waals surface area contributed by atoms with Gasteiger partial charge in [-0.05, 0) is 30.5 Å². The van der Waals surface area contributed by atoms with Crippen molar-refractivity contribution in [2.45, 2.75) is 58.0 Å². The summed E-state index contributed by atoms with van der Waals surface area (Å²) < 4.78 is 5.04. The lowest BCUT2D eigenvalue weighted by molar-refractivity contribution is -0.121. The molecule has 118 valence electrons. The number of rotatable bonds is 10. The summed E-state index contributed by atoms with van der Waals surface area (Å²) in [5.74, 6) is 0.588. The molecule has 0 saturated heterocycles. The fraction of sp³-hybridized carbons (Fsp3) is 0.588. The number of aliphatic hydroxyl groups is 1. The third-order valence-corrected chi connectivity index (χ3v) is 3.54. The van der Waals surface area contributed by atoms with E-state index in [4.69, 9.17) is 4.74 Å². The zero-order chi connectivity index (χ0) is 15.7. The maximum Gasteiger partial charge on any atom is 0.160 e. The number of hydrogen-bond acceptors (Lipinski definition) is 4. The van der Waals surface area contributed by atoms with Gasteiger partial charge in [-0.15, -0.1) is 0 Å². The van der Waals surface area contributed by atoms with E-state index in [2.05, 4.69) is 6.92 Å². The number of aromatic hydroxyl groups is 1. The zero-order valence-corrected chi connectivity index (χ0v) is 13.0. The molecule has 21 heavy (non-hydrogen) atoms. The molecule has 0 radical (unpaired) electrons. The monoisotopic (exact) mass is 294 g/mol. The van der Waals surface area contributed by atoms with Gasteiger partial charge in [0.2, 0.25) is 0 Å². The first-order valence-electron chi connectivity index (χ1n) is 7.62. The Morgan fingerprint density at radius 2 is 2.10 bits per heavy atom. The number of carbonyl (C=O) groups is 1. The molecule has 0 saturated carbocycles. The van der Waals surface area contributed by atoms with Crippen LogP contribution in [0.25, 0.3) is 0 Å². The summed E-state index contributed by atoms with van der Waals surface area (Å²) in [5.41, 5.74) is 0.943. The number of ketones is 1. The van der Waals surface area contributed by atoms with Gasteiger partial charge < -0.3 is 14.9 Å². The summed E-state index contributed by atoms with van der Waals surface area (Å²) in [4.78, 5) is 11.8. The van der Waals surface area contributed by atoms with Crippen molar-refractivity contribution >= 4 is 5.78 Å². The second-order valence-electron chi connectivity index (χ2n) is 5.40. The molecule has 4 heteroatoms. The molecule has 1 rings (SSSR count). The van der Waals surface area contributed by atoms with E-state index in [0.717, 1.165) is 24.8 Å². The third-order valence-electron chi connectivity index (χ3n) is 3.54. The molecule has 1 atom stereocenters. The molecule has 0 heterocycles. The highest BCUT2D eigenvalue weighted by Gasteiger charge is 2.11. The first kappa shape index (κ1) is 17.5. The number of hydrogen-bond donors (Lipinski definition) is 2. The summed E-state index contributed by atoms with van der Waals surface area (Å²) in [5, 5.41) is 19.3. The fourth-order valence-corrected chi connectivity index (χ4v) is 2.26. The van der Waals surface area contributed by atoms with E-state index in [-0.39, 0.29) is 18.0 Å². The molecular weight excluding hydrogens is 268 g/mol. The van der Waals surface area contributed by atoms with Crippen molar-refractivity contribution in [3.63, 3.8) is 0 Å². The normalized spacial score (nSPS) is 12.1. The largest absolute Gasteiger partial charge is 0.504 e. The summed E-state index contributed by atoms with van der Waals surface area (Å²) in [6, 6.07) is 5.08. The molecule has 4 nitrogen and oxygen atoms in total. The van der Waals surface area contributed by atoms with Gasteiger partial charge in [0.25, 0.3) is 0 Å². The molecule has 0 bridgehead atoms. The highest BCUT2D eigenvalue weighted by atomic mass is 16.5. The maximum atomic E-state index is 11.8. The molecule has 0 aliphatic carbocycles. The van der Waals surface area contributed by atoms with Gasteiger partial charge in [-0.3, -0.25) is 4.79 Å². The smallest absolute Gasteiger partial charge is 0.160 e. The van der Waals surface area contributed by atoms with Gasteiger partial charge in [-0.25, -0.2) is 0 Å². The van der Waals surface area contributed by atoms with Crippen LogP contribution in [0.2, 0.25) is 0 Å². The SMILES string of the molecule is CCCCC[C@@H](O)CC(=O)CCc1ccc(O)c(OC)c1. The number of aliphatic hydroxyl groups excluding tert-OH is 1. The second kappa shape index (κ2) is 9.40. The van der Waals surface area contributed by atoms with Gasteiger partial charge in [0.1, 0.15) is 5.78 Å². The molecule has 0 aromatic heterocycles. The van der Waals surface area contributed by atoms with Gasteiger partial charge in [-0.1, -0.05) is 32.3 Å². The first-order chi connectivity index (χ1) is 10.1. The van der Waals surface area contributed by atoms with E-state index in [9.17, 15) is 15.0 Å². The Hall–Kier alpha value is -1.55. The molecule has 0 fully saturated rings. The van der Waals surface area contributed by atoms with Crippen molar-refractivity contribution in [3.05, 3.63) is 23.8 Å². The van der Waals surface area contributed by atoms with Crippen LogP contribution in [0, 0.1) is 0 Å². The predicted octanol–water partition coefficient (Wildman–Crippen LogP) is 3.23. The quantitative estimate of drug-likeness (QED) is 0.650. The van der Waals surface area contributed by atoms with Crippen LogP contribution in [0.4, 0.5) is 0 Å². The van der Waals surface area contributed by atoms with Crippen molar-refractivity contribution in [3.8, 4) is 11.5 Å². The Labute approximate surface area is 126 Å². The van der Waals surface area contributed by atoms with E-state index in [1.165, 1.54) is 7.11 Å². The molecule has 0 amide bonds. The van der Waals surface area contributed by atoms with Crippen LogP contribution in [0.1, 0.15) is 51.0 Å². The molecular formula is C17H26O4. The number of benzene rings is 1. The molecule has 0 aliphatic heterocycles. The lowest BCUT2D eigenvalue weighted by Gasteiger charge is -2.10. The van der Waals surface area contributed by atoms with Crippen molar-refractivity contribution in [1.82, 2.24) is 0 Å². The predicted molar refractivity (Wildman–Crippen MR) is 82.8 cm³/mol. The number of Topliss-reactive ketones (excluding diaryl/α,β-unsaturated/α-hetero) is 1. The lowest BCUT2D eigenvalue weighted by Crippen LogP contribution is -2.13. The van der Waals surface area contributed by atoms with Crippen LogP contribution in [0.3, 0.4) is 0 Å². The molecule has 1 aromatic carbocycles. The van der Waals surface area contributed by atoms with Gasteiger partial charge in [-0.2, -0.15) is 0 Å². The van der Waals surface area contributed by atoms with E-state index < -0.39 is 6.10 Å². The second-order valence-corrected chi connectivity index (χ2v) is 5.40. The van der Waals surface area contributed by atoms with Gasteiger partial charge in [0.05, 0.1) is 13.2 Å². The minimum absolute atomic E-state index is 0.0750. The number of phenols is 1. The van der Waals surface area contributed by atoms with E-state index in [1.54, 1.807) is 18.2 Å². The van der Waals surface area contributed by atoms with Crippen molar-refractivity contribution in [1.29, 1.82) is 0 Å². The summed E-state index contributed by atoms with van der Waals surface area (Å²) in [6.07, 6.45) is 4.60. The van der Waals surface area contributed by atoms with Crippen LogP contribution < -0.4 is 4.74 Å². The van der Waals surface area contributed by atoms with Crippen LogP contribution in [0.15, 0.2) is 18.2 Å². The Morgan fingerprint density at radius 3 is 2.76 bits per heavy atom. The summed E-state index contributed by atoms with van der Waals surface area (Å²) >= 11 is 0. The average molecular weight is 294 g/mol. The number of methoxy groups -OCH3 is 1. The molecule has 2 N–H and O–H groups in total. The Kier molecular flexibility index (Phi) is 7.83. The molecule has 0 aliphatic rings. The summed E-state index contributed by atoms with van der Waals surface area (Å²) in [7, 11) is 1.50. The lowest BCUT2D eigenvalue weighted by atomic mass is 10.0. The van der Waals surface area contributed by atoms with Gasteiger partial charge in [0.15, 0.2) is 11.5 Å². The first-order valence-corrected chi connectivity index (χ1v) is 7.62. The van der Waals surface area contributed by atoms with Crippen LogP contribution >= 0.6 is 0 Å². The Morgan fingerprint density at radius 1 is 1.33 bits per heavy atom. The van der Waals surface area contributed by atoms with Crippen LogP contribution in [-0.4, -0.2) is 29.2 Å². The fourth-order valence-electron chi connectivity index (χ4n) is 2.26. The van der Waals surface area contributed by atoms with Crippen LogP contribution in [-0.2, 0) is 11.2 Å².